The number of carbonyl (C=O) groups excluding carboxylic acids is 1. The Balaban J connectivity index is 2.75. The van der Waals surface area contributed by atoms with E-state index in [2.05, 4.69) is 9.50 Å². The van der Waals surface area contributed by atoms with Gasteiger partial charge in [-0.1, -0.05) is 0 Å². The van der Waals surface area contributed by atoms with Crippen molar-refractivity contribution in [1.82, 2.24) is 0 Å². The predicted octanol–water partition coefficient (Wildman–Crippen LogP) is 0.0807. The first kappa shape index (κ1) is 19.1. The van der Waals surface area contributed by atoms with Crippen LogP contribution in [0.3, 0.4) is 0 Å². The van der Waals surface area contributed by atoms with Gasteiger partial charge in [-0.15, -0.1) is 0 Å². The number of rotatable bonds is 7. The van der Waals surface area contributed by atoms with Crippen LogP contribution in [0.1, 0.15) is 6.92 Å². The zero-order chi connectivity index (χ0) is 17.7. The number of hydrogen-bond acceptors (Lipinski definition) is 7. The Bertz CT molecular complexity index is 792. The van der Waals surface area contributed by atoms with Crippen LogP contribution in [0, 0.1) is 0 Å². The van der Waals surface area contributed by atoms with Gasteiger partial charge >= 0.3 is 10.4 Å². The molecule has 0 saturated carbocycles. The summed E-state index contributed by atoms with van der Waals surface area (Å²) in [5.41, 5.74) is 6.04. The van der Waals surface area contributed by atoms with E-state index in [4.69, 9.17) is 10.3 Å². The summed E-state index contributed by atoms with van der Waals surface area (Å²) in [6.07, 6.45) is 1.18. The Morgan fingerprint density at radius 3 is 2.30 bits per heavy atom. The van der Waals surface area contributed by atoms with Gasteiger partial charge in [0.2, 0.25) is 5.91 Å². The second-order valence-electron chi connectivity index (χ2n) is 4.47. The number of amides is 1. The zero-order valence-corrected chi connectivity index (χ0v) is 13.7. The monoisotopic (exact) mass is 364 g/mol. The third-order valence-corrected chi connectivity index (χ3v) is 4.58. The summed E-state index contributed by atoms with van der Waals surface area (Å²) in [5.74, 6) is -1.09. The standard InChI is InChI=1S/C12H16N2O7S2/c1-9(13)8-12(15)14-10-2-4-11(5-3-10)22(16,17)7-6-21-23(18,19)20/h2-5,8H,6-7,13H2,1H3,(H,14,15)(H,18,19,20)/b9-8-. The van der Waals surface area contributed by atoms with E-state index in [1.807, 2.05) is 0 Å². The van der Waals surface area contributed by atoms with Crippen molar-refractivity contribution in [3.8, 4) is 0 Å². The largest absolute Gasteiger partial charge is 0.402 e. The van der Waals surface area contributed by atoms with Crippen molar-refractivity contribution in [1.29, 1.82) is 0 Å². The lowest BCUT2D eigenvalue weighted by Crippen LogP contribution is -2.15. The topological polar surface area (TPSA) is 153 Å². The van der Waals surface area contributed by atoms with Crippen molar-refractivity contribution in [3.05, 3.63) is 36.0 Å². The average molecular weight is 364 g/mol. The van der Waals surface area contributed by atoms with Gasteiger partial charge in [-0.2, -0.15) is 8.42 Å². The van der Waals surface area contributed by atoms with Crippen LogP contribution in [-0.4, -0.2) is 39.7 Å². The van der Waals surface area contributed by atoms with Crippen LogP contribution in [0.5, 0.6) is 0 Å². The van der Waals surface area contributed by atoms with Crippen LogP contribution in [0.25, 0.3) is 0 Å². The lowest BCUT2D eigenvalue weighted by molar-refractivity contribution is -0.112. The van der Waals surface area contributed by atoms with Crippen molar-refractivity contribution in [3.63, 3.8) is 0 Å². The molecule has 0 heterocycles. The highest BCUT2D eigenvalue weighted by atomic mass is 32.3. The van der Waals surface area contributed by atoms with Gasteiger partial charge in [-0.25, -0.2) is 12.6 Å². The van der Waals surface area contributed by atoms with Gasteiger partial charge in [0, 0.05) is 17.5 Å². The Morgan fingerprint density at radius 2 is 1.83 bits per heavy atom. The molecular weight excluding hydrogens is 348 g/mol. The van der Waals surface area contributed by atoms with Crippen molar-refractivity contribution in [2.24, 2.45) is 5.73 Å². The third kappa shape index (κ3) is 7.23. The van der Waals surface area contributed by atoms with Crippen molar-refractivity contribution in [2.45, 2.75) is 11.8 Å². The third-order valence-electron chi connectivity index (χ3n) is 2.42. The van der Waals surface area contributed by atoms with Crippen molar-refractivity contribution >= 4 is 31.8 Å². The van der Waals surface area contributed by atoms with Gasteiger partial charge in [0.15, 0.2) is 9.84 Å². The Hall–Kier alpha value is -1.95. The number of benzene rings is 1. The number of carbonyl (C=O) groups is 1. The highest BCUT2D eigenvalue weighted by Crippen LogP contribution is 2.15. The van der Waals surface area contributed by atoms with E-state index in [0.29, 0.717) is 11.4 Å². The summed E-state index contributed by atoms with van der Waals surface area (Å²) in [6, 6.07) is 5.23. The van der Waals surface area contributed by atoms with Gasteiger partial charge in [0.25, 0.3) is 0 Å². The minimum Gasteiger partial charge on any atom is -0.402 e. The van der Waals surface area contributed by atoms with Crippen LogP contribution in [0.4, 0.5) is 5.69 Å². The normalized spacial score (nSPS) is 12.9. The Morgan fingerprint density at radius 1 is 1.26 bits per heavy atom. The quantitative estimate of drug-likeness (QED) is 0.454. The van der Waals surface area contributed by atoms with Gasteiger partial charge < -0.3 is 11.1 Å². The fraction of sp³-hybridized carbons (Fsp3) is 0.250. The number of anilines is 1. The second-order valence-corrected chi connectivity index (χ2v) is 7.67. The molecule has 11 heteroatoms. The van der Waals surface area contributed by atoms with E-state index >= 15 is 0 Å². The van der Waals surface area contributed by atoms with Gasteiger partial charge in [0.1, 0.15) is 0 Å². The molecule has 9 nitrogen and oxygen atoms in total. The molecule has 0 aliphatic rings. The molecule has 0 saturated heterocycles. The molecule has 0 bridgehead atoms. The van der Waals surface area contributed by atoms with E-state index in [1.165, 1.54) is 30.3 Å². The van der Waals surface area contributed by atoms with Crippen LogP contribution in [0.15, 0.2) is 40.9 Å². The molecule has 1 rings (SSSR count). The summed E-state index contributed by atoms with van der Waals surface area (Å²) < 4.78 is 56.9. The summed E-state index contributed by atoms with van der Waals surface area (Å²) in [6.45, 7) is 0.837. The summed E-state index contributed by atoms with van der Waals surface area (Å²) in [4.78, 5) is 11.4. The molecular formula is C12H16N2O7S2. The molecule has 0 fully saturated rings. The molecule has 0 aliphatic heterocycles. The highest BCUT2D eigenvalue weighted by molar-refractivity contribution is 7.91. The average Bonchev–Trinajstić information content (AvgIpc) is 2.36. The van der Waals surface area contributed by atoms with E-state index in [0.717, 1.165) is 0 Å². The smallest absolute Gasteiger partial charge is 0.397 e. The molecule has 1 aromatic carbocycles. The number of allylic oxidation sites excluding steroid dienone is 1. The van der Waals surface area contributed by atoms with E-state index in [-0.39, 0.29) is 4.90 Å². The molecule has 0 radical (unpaired) electrons. The lowest BCUT2D eigenvalue weighted by atomic mass is 10.3. The van der Waals surface area contributed by atoms with Gasteiger partial charge in [0.05, 0.1) is 17.3 Å². The van der Waals surface area contributed by atoms with E-state index < -0.39 is 38.5 Å². The molecule has 0 spiro atoms. The zero-order valence-electron chi connectivity index (χ0n) is 12.1. The molecule has 1 aromatic rings. The molecule has 0 aromatic heterocycles. The summed E-state index contributed by atoms with van der Waals surface area (Å²) >= 11 is 0. The number of nitrogens with one attached hydrogen (secondary N) is 1. The number of nitrogens with two attached hydrogens (primary N) is 1. The van der Waals surface area contributed by atoms with E-state index in [1.54, 1.807) is 6.92 Å². The Labute approximate surface area is 134 Å². The first-order chi connectivity index (χ1) is 10.5. The van der Waals surface area contributed by atoms with Crippen molar-refractivity contribution < 1.29 is 30.4 Å². The summed E-state index contributed by atoms with van der Waals surface area (Å²) in [7, 11) is -8.48. The van der Waals surface area contributed by atoms with Crippen LogP contribution in [0.2, 0.25) is 0 Å². The lowest BCUT2D eigenvalue weighted by Gasteiger charge is -2.06. The molecule has 0 unspecified atom stereocenters. The predicted molar refractivity (Wildman–Crippen MR) is 82.6 cm³/mol. The van der Waals surface area contributed by atoms with Crippen molar-refractivity contribution in [2.75, 3.05) is 17.7 Å². The van der Waals surface area contributed by atoms with E-state index in [9.17, 15) is 21.6 Å². The molecule has 1 amide bonds. The molecule has 23 heavy (non-hydrogen) atoms. The maximum atomic E-state index is 11.9. The molecule has 0 atom stereocenters. The minimum atomic E-state index is -4.69. The minimum absolute atomic E-state index is 0.0833. The maximum absolute atomic E-state index is 11.9. The second kappa shape index (κ2) is 7.55. The molecule has 128 valence electrons. The maximum Gasteiger partial charge on any atom is 0.397 e. The van der Waals surface area contributed by atoms with Gasteiger partial charge in [-0.05, 0) is 31.2 Å². The van der Waals surface area contributed by atoms with Crippen LogP contribution < -0.4 is 11.1 Å². The SMILES string of the molecule is C/C(N)=C/C(=O)Nc1ccc(S(=O)(=O)CCOS(=O)(=O)O)cc1. The molecule has 0 aliphatic carbocycles. The van der Waals surface area contributed by atoms with Crippen LogP contribution >= 0.6 is 0 Å². The fourth-order valence-corrected chi connectivity index (χ4v) is 2.99. The molecule has 4 N–H and O–H groups in total. The van der Waals surface area contributed by atoms with Crippen LogP contribution in [-0.2, 0) is 29.2 Å². The first-order valence-electron chi connectivity index (χ1n) is 6.19. The number of hydrogen-bond donors (Lipinski definition) is 3. The summed E-state index contributed by atoms with van der Waals surface area (Å²) in [5, 5.41) is 2.49. The fourth-order valence-electron chi connectivity index (χ4n) is 1.50. The number of sulfone groups is 1. The Kier molecular flexibility index (Phi) is 6.27. The van der Waals surface area contributed by atoms with Gasteiger partial charge in [-0.3, -0.25) is 9.35 Å². The highest BCUT2D eigenvalue weighted by Gasteiger charge is 2.16. The first-order valence-corrected chi connectivity index (χ1v) is 9.21.